The second kappa shape index (κ2) is 5.64. The first kappa shape index (κ1) is 15.2. The average molecular weight is 332 g/mol. The molecule has 0 atom stereocenters. The van der Waals surface area contributed by atoms with Crippen LogP contribution in [0.1, 0.15) is 5.56 Å². The summed E-state index contributed by atoms with van der Waals surface area (Å²) in [6.45, 7) is 2.26. The van der Waals surface area contributed by atoms with E-state index in [1.54, 1.807) is 20.3 Å². The molecular formula is C19H16N4O2. The summed E-state index contributed by atoms with van der Waals surface area (Å²) in [5.74, 6) is 1.21. The van der Waals surface area contributed by atoms with Gasteiger partial charge in [0.25, 0.3) is 0 Å². The maximum atomic E-state index is 9.22. The Balaban J connectivity index is 2.16. The fourth-order valence-electron chi connectivity index (χ4n) is 3.16. The van der Waals surface area contributed by atoms with Gasteiger partial charge in [-0.15, -0.1) is 0 Å². The summed E-state index contributed by atoms with van der Waals surface area (Å²) >= 11 is 0. The molecule has 0 N–H and O–H groups in total. The highest BCUT2D eigenvalue weighted by Gasteiger charge is 2.16. The molecule has 0 amide bonds. The summed E-state index contributed by atoms with van der Waals surface area (Å²) in [5, 5.41) is 10.2. The Bertz CT molecular complexity index is 1170. The molecular weight excluding hydrogens is 316 g/mol. The minimum absolute atomic E-state index is 0.219. The molecule has 2 aromatic carbocycles. The molecule has 4 aromatic rings. The van der Waals surface area contributed by atoms with Crippen LogP contribution in [0.15, 0.2) is 30.3 Å². The number of fused-ring (bicyclic) bond motifs is 4. The minimum Gasteiger partial charge on any atom is -0.493 e. The van der Waals surface area contributed by atoms with Crippen molar-refractivity contribution >= 4 is 33.1 Å². The summed E-state index contributed by atoms with van der Waals surface area (Å²) in [7, 11) is 3.18. The van der Waals surface area contributed by atoms with Gasteiger partial charge in [-0.2, -0.15) is 5.26 Å². The third-order valence-corrected chi connectivity index (χ3v) is 4.33. The summed E-state index contributed by atoms with van der Waals surface area (Å²) < 4.78 is 12.6. The number of nitriles is 1. The lowest BCUT2D eigenvalue weighted by Crippen LogP contribution is -1.98. The van der Waals surface area contributed by atoms with E-state index in [4.69, 9.17) is 19.4 Å². The zero-order chi connectivity index (χ0) is 17.6. The Morgan fingerprint density at radius 2 is 1.72 bits per heavy atom. The quantitative estimate of drug-likeness (QED) is 0.573. The summed E-state index contributed by atoms with van der Waals surface area (Å²) in [5.41, 5.74) is 5.00. The van der Waals surface area contributed by atoms with Gasteiger partial charge in [0.2, 0.25) is 0 Å². The molecule has 0 fully saturated rings. The van der Waals surface area contributed by atoms with Crippen molar-refractivity contribution < 1.29 is 9.47 Å². The predicted octanol–water partition coefficient (Wildman–Crippen LogP) is 3.59. The smallest absolute Gasteiger partial charge is 0.163 e. The topological polar surface area (TPSA) is 73.0 Å². The summed E-state index contributed by atoms with van der Waals surface area (Å²) in [6, 6.07) is 12.0. The van der Waals surface area contributed by atoms with Gasteiger partial charge >= 0.3 is 0 Å². The Kier molecular flexibility index (Phi) is 3.43. The van der Waals surface area contributed by atoms with Gasteiger partial charge in [-0.25, -0.2) is 9.97 Å². The third kappa shape index (κ3) is 2.24. The average Bonchev–Trinajstić information content (AvgIpc) is 2.91. The number of nitrogens with zero attached hydrogens (tertiary/aromatic N) is 4. The number of hydrogen-bond donors (Lipinski definition) is 0. The largest absolute Gasteiger partial charge is 0.493 e. The van der Waals surface area contributed by atoms with Gasteiger partial charge < -0.3 is 14.0 Å². The zero-order valence-electron chi connectivity index (χ0n) is 14.2. The van der Waals surface area contributed by atoms with Gasteiger partial charge in [-0.3, -0.25) is 0 Å². The van der Waals surface area contributed by atoms with Crippen LogP contribution in [0.3, 0.4) is 0 Å². The van der Waals surface area contributed by atoms with E-state index in [1.807, 2.05) is 29.7 Å². The number of ether oxygens (including phenoxy) is 2. The molecule has 0 bridgehead atoms. The molecule has 0 radical (unpaired) electrons. The number of aryl methyl sites for hydroxylation is 1. The van der Waals surface area contributed by atoms with Crippen molar-refractivity contribution in [3.05, 3.63) is 35.9 Å². The highest BCUT2D eigenvalue weighted by Crippen LogP contribution is 2.34. The van der Waals surface area contributed by atoms with Crippen LogP contribution in [0.5, 0.6) is 11.5 Å². The molecule has 2 aromatic heterocycles. The van der Waals surface area contributed by atoms with Crippen LogP contribution in [0, 0.1) is 18.3 Å². The van der Waals surface area contributed by atoms with E-state index >= 15 is 0 Å². The lowest BCUT2D eigenvalue weighted by atomic mass is 10.1. The van der Waals surface area contributed by atoms with Crippen LogP contribution < -0.4 is 9.47 Å². The van der Waals surface area contributed by atoms with Gasteiger partial charge in [-0.1, -0.05) is 11.6 Å². The molecule has 6 heteroatoms. The van der Waals surface area contributed by atoms with Crippen LogP contribution in [-0.2, 0) is 6.54 Å². The van der Waals surface area contributed by atoms with E-state index in [0.717, 1.165) is 27.5 Å². The third-order valence-electron chi connectivity index (χ3n) is 4.33. The van der Waals surface area contributed by atoms with Crippen LogP contribution in [0.25, 0.3) is 33.1 Å². The van der Waals surface area contributed by atoms with Gasteiger partial charge in [0.1, 0.15) is 12.1 Å². The Hall–Kier alpha value is -3.33. The molecule has 6 nitrogen and oxygen atoms in total. The fourth-order valence-corrected chi connectivity index (χ4v) is 3.16. The first-order valence-electron chi connectivity index (χ1n) is 7.85. The molecule has 2 heterocycles. The van der Waals surface area contributed by atoms with E-state index in [2.05, 4.69) is 12.1 Å². The van der Waals surface area contributed by atoms with E-state index in [-0.39, 0.29) is 6.54 Å². The number of hydrogen-bond acceptors (Lipinski definition) is 5. The molecule has 0 unspecified atom stereocenters. The zero-order valence-corrected chi connectivity index (χ0v) is 14.2. The van der Waals surface area contributed by atoms with Crippen molar-refractivity contribution in [2.75, 3.05) is 14.2 Å². The molecule has 0 saturated heterocycles. The Labute approximate surface area is 144 Å². The number of methoxy groups -OCH3 is 2. The number of rotatable bonds is 3. The monoisotopic (exact) mass is 332 g/mol. The van der Waals surface area contributed by atoms with Crippen molar-refractivity contribution in [2.45, 2.75) is 13.5 Å². The highest BCUT2D eigenvalue weighted by molar-refractivity contribution is 6.06. The summed E-state index contributed by atoms with van der Waals surface area (Å²) in [6.07, 6.45) is 0. The number of benzene rings is 2. The molecule has 4 rings (SSSR count). The second-order valence-corrected chi connectivity index (χ2v) is 5.86. The van der Waals surface area contributed by atoms with Crippen LogP contribution in [-0.4, -0.2) is 28.8 Å². The Morgan fingerprint density at radius 3 is 2.36 bits per heavy atom. The molecule has 0 aliphatic carbocycles. The van der Waals surface area contributed by atoms with Crippen LogP contribution >= 0.6 is 0 Å². The van der Waals surface area contributed by atoms with E-state index in [9.17, 15) is 5.26 Å². The molecule has 0 spiro atoms. The van der Waals surface area contributed by atoms with Crippen LogP contribution in [0.2, 0.25) is 0 Å². The van der Waals surface area contributed by atoms with Gasteiger partial charge in [0, 0.05) is 17.5 Å². The van der Waals surface area contributed by atoms with E-state index in [1.165, 1.54) is 0 Å². The second-order valence-electron chi connectivity index (χ2n) is 5.86. The minimum atomic E-state index is 0.219. The first-order chi connectivity index (χ1) is 12.2. The van der Waals surface area contributed by atoms with Crippen molar-refractivity contribution in [3.8, 4) is 17.6 Å². The normalized spacial score (nSPS) is 11.1. The molecule has 0 saturated carbocycles. The first-order valence-corrected chi connectivity index (χ1v) is 7.85. The SMILES string of the molecule is COc1cc2nc3c4cc(C)ccc4n(CC#N)c3nc2cc1OC. The maximum absolute atomic E-state index is 9.22. The lowest BCUT2D eigenvalue weighted by molar-refractivity contribution is 0.355. The lowest BCUT2D eigenvalue weighted by Gasteiger charge is -2.08. The van der Waals surface area contributed by atoms with Crippen molar-refractivity contribution in [1.29, 1.82) is 5.26 Å². The van der Waals surface area contributed by atoms with Gasteiger partial charge in [-0.05, 0) is 19.1 Å². The van der Waals surface area contributed by atoms with Crippen molar-refractivity contribution in [2.24, 2.45) is 0 Å². The van der Waals surface area contributed by atoms with Crippen LogP contribution in [0.4, 0.5) is 0 Å². The molecule has 25 heavy (non-hydrogen) atoms. The van der Waals surface area contributed by atoms with Crippen molar-refractivity contribution in [3.63, 3.8) is 0 Å². The van der Waals surface area contributed by atoms with Gasteiger partial charge in [0.15, 0.2) is 17.1 Å². The summed E-state index contributed by atoms with van der Waals surface area (Å²) in [4.78, 5) is 9.57. The van der Waals surface area contributed by atoms with E-state index in [0.29, 0.717) is 22.7 Å². The standard InChI is InChI=1S/C19H16N4O2/c1-11-4-5-15-12(8-11)18-19(23(15)7-6-20)22-14-10-17(25-3)16(24-2)9-13(14)21-18/h4-5,8-10H,7H2,1-3H3. The molecule has 124 valence electrons. The van der Waals surface area contributed by atoms with Crippen molar-refractivity contribution in [1.82, 2.24) is 14.5 Å². The Morgan fingerprint density at radius 1 is 1.04 bits per heavy atom. The predicted molar refractivity (Wildman–Crippen MR) is 96.0 cm³/mol. The highest BCUT2D eigenvalue weighted by atomic mass is 16.5. The number of aromatic nitrogens is 3. The molecule has 0 aliphatic heterocycles. The maximum Gasteiger partial charge on any atom is 0.163 e. The van der Waals surface area contributed by atoms with E-state index < -0.39 is 0 Å². The fraction of sp³-hybridized carbons (Fsp3) is 0.211. The molecule has 0 aliphatic rings. The van der Waals surface area contributed by atoms with Gasteiger partial charge in [0.05, 0.1) is 36.8 Å².